The summed E-state index contributed by atoms with van der Waals surface area (Å²) in [4.78, 5) is 2.28. The number of hydrogen-bond acceptors (Lipinski definition) is 3. The van der Waals surface area contributed by atoms with Crippen LogP contribution in [0.15, 0.2) is 18.2 Å². The molecule has 1 aliphatic rings. The molecule has 1 aromatic carbocycles. The minimum atomic E-state index is -0.139. The van der Waals surface area contributed by atoms with E-state index in [9.17, 15) is 5.11 Å². The van der Waals surface area contributed by atoms with E-state index in [4.69, 9.17) is 17.3 Å². The van der Waals surface area contributed by atoms with E-state index in [0.29, 0.717) is 0 Å². The van der Waals surface area contributed by atoms with Gasteiger partial charge in [-0.15, -0.1) is 0 Å². The minimum Gasteiger partial charge on any atom is -0.398 e. The average Bonchev–Trinajstić information content (AvgIpc) is 2.26. The summed E-state index contributed by atoms with van der Waals surface area (Å²) >= 11 is 6.12. The molecule has 0 radical (unpaired) electrons. The molecule has 1 heterocycles. The van der Waals surface area contributed by atoms with E-state index in [2.05, 4.69) is 4.90 Å². The second-order valence-electron chi connectivity index (χ2n) is 4.31. The largest absolute Gasteiger partial charge is 0.398 e. The van der Waals surface area contributed by atoms with Crippen LogP contribution in [-0.4, -0.2) is 29.2 Å². The van der Waals surface area contributed by atoms with Crippen LogP contribution in [0.5, 0.6) is 0 Å². The molecule has 0 aliphatic carbocycles. The highest BCUT2D eigenvalue weighted by Crippen LogP contribution is 2.24. The van der Waals surface area contributed by atoms with Gasteiger partial charge in [0.2, 0.25) is 0 Å². The Balaban J connectivity index is 2.04. The van der Waals surface area contributed by atoms with Gasteiger partial charge in [-0.1, -0.05) is 17.7 Å². The van der Waals surface area contributed by atoms with E-state index in [-0.39, 0.29) is 6.10 Å². The van der Waals surface area contributed by atoms with Gasteiger partial charge in [-0.2, -0.15) is 0 Å². The summed E-state index contributed by atoms with van der Waals surface area (Å²) < 4.78 is 0. The van der Waals surface area contributed by atoms with Crippen LogP contribution in [0.1, 0.15) is 18.4 Å². The fourth-order valence-corrected chi connectivity index (χ4v) is 2.28. The highest BCUT2D eigenvalue weighted by molar-refractivity contribution is 6.31. The number of nitrogen functional groups attached to an aromatic ring is 1. The van der Waals surface area contributed by atoms with Crippen LogP contribution in [0.4, 0.5) is 5.69 Å². The lowest BCUT2D eigenvalue weighted by Crippen LogP contribution is -2.35. The number of rotatable bonds is 2. The van der Waals surface area contributed by atoms with Crippen LogP contribution in [0.2, 0.25) is 5.02 Å². The lowest BCUT2D eigenvalue weighted by molar-refractivity contribution is 0.0793. The maximum atomic E-state index is 9.42. The van der Waals surface area contributed by atoms with Crippen molar-refractivity contribution in [2.24, 2.45) is 0 Å². The predicted molar refractivity (Wildman–Crippen MR) is 66.4 cm³/mol. The lowest BCUT2D eigenvalue weighted by atomic mass is 10.1. The number of aliphatic hydroxyl groups excluding tert-OH is 1. The summed E-state index contributed by atoms with van der Waals surface area (Å²) in [5.41, 5.74) is 7.65. The maximum Gasteiger partial charge on any atom is 0.0564 e. The van der Waals surface area contributed by atoms with Gasteiger partial charge < -0.3 is 10.8 Å². The third kappa shape index (κ3) is 2.67. The van der Waals surface area contributed by atoms with E-state index in [1.54, 1.807) is 0 Å². The standard InChI is InChI=1S/C12H17ClN2O/c13-11-2-1-3-12(14)10(11)8-15-6-4-9(16)5-7-15/h1-3,9,16H,4-8,14H2. The summed E-state index contributed by atoms with van der Waals surface area (Å²) in [6.07, 6.45) is 1.54. The number of halogens is 1. The fourth-order valence-electron chi connectivity index (χ4n) is 2.04. The number of likely N-dealkylation sites (tertiary alicyclic amines) is 1. The Morgan fingerprint density at radius 2 is 2.06 bits per heavy atom. The molecule has 0 saturated carbocycles. The van der Waals surface area contributed by atoms with Gasteiger partial charge in [0, 0.05) is 35.9 Å². The number of nitrogens with zero attached hydrogens (tertiary/aromatic N) is 1. The smallest absolute Gasteiger partial charge is 0.0564 e. The zero-order valence-electron chi connectivity index (χ0n) is 9.19. The molecule has 3 nitrogen and oxygen atoms in total. The van der Waals surface area contributed by atoms with Crippen molar-refractivity contribution in [2.75, 3.05) is 18.8 Å². The van der Waals surface area contributed by atoms with Gasteiger partial charge in [-0.05, 0) is 25.0 Å². The van der Waals surface area contributed by atoms with E-state index in [1.807, 2.05) is 18.2 Å². The van der Waals surface area contributed by atoms with Gasteiger partial charge in [0.1, 0.15) is 0 Å². The molecule has 88 valence electrons. The van der Waals surface area contributed by atoms with Crippen molar-refractivity contribution < 1.29 is 5.11 Å². The third-order valence-corrected chi connectivity index (χ3v) is 3.45. The van der Waals surface area contributed by atoms with Gasteiger partial charge in [-0.3, -0.25) is 4.90 Å². The molecule has 0 atom stereocenters. The number of piperidine rings is 1. The Morgan fingerprint density at radius 3 is 2.69 bits per heavy atom. The molecule has 1 aromatic rings. The first-order valence-electron chi connectivity index (χ1n) is 5.60. The van der Waals surface area contributed by atoms with Crippen molar-refractivity contribution in [1.29, 1.82) is 0 Å². The van der Waals surface area contributed by atoms with Gasteiger partial charge in [0.15, 0.2) is 0 Å². The molecular weight excluding hydrogens is 224 g/mol. The Hall–Kier alpha value is -0.770. The van der Waals surface area contributed by atoms with Gasteiger partial charge >= 0.3 is 0 Å². The second kappa shape index (κ2) is 5.04. The van der Waals surface area contributed by atoms with E-state index in [1.165, 1.54) is 0 Å². The monoisotopic (exact) mass is 240 g/mol. The summed E-state index contributed by atoms with van der Waals surface area (Å²) in [5.74, 6) is 0. The van der Waals surface area contributed by atoms with E-state index in [0.717, 1.165) is 48.7 Å². The fraction of sp³-hybridized carbons (Fsp3) is 0.500. The molecule has 1 aliphatic heterocycles. The van der Waals surface area contributed by atoms with E-state index >= 15 is 0 Å². The molecule has 0 aromatic heterocycles. The van der Waals surface area contributed by atoms with Crippen molar-refractivity contribution in [3.05, 3.63) is 28.8 Å². The Kier molecular flexibility index (Phi) is 3.69. The zero-order chi connectivity index (χ0) is 11.5. The van der Waals surface area contributed by atoms with Gasteiger partial charge in [-0.25, -0.2) is 0 Å². The SMILES string of the molecule is Nc1cccc(Cl)c1CN1CCC(O)CC1. The van der Waals surface area contributed by atoms with Crippen LogP contribution >= 0.6 is 11.6 Å². The second-order valence-corrected chi connectivity index (χ2v) is 4.72. The molecule has 4 heteroatoms. The van der Waals surface area contributed by atoms with Crippen molar-refractivity contribution in [3.8, 4) is 0 Å². The number of anilines is 1. The van der Waals surface area contributed by atoms with Crippen LogP contribution in [0, 0.1) is 0 Å². The van der Waals surface area contributed by atoms with Gasteiger partial charge in [0.05, 0.1) is 6.10 Å². The molecule has 1 saturated heterocycles. The Bertz CT molecular complexity index is 342. The molecule has 0 spiro atoms. The summed E-state index contributed by atoms with van der Waals surface area (Å²) in [6, 6.07) is 5.60. The van der Waals surface area contributed by atoms with Crippen molar-refractivity contribution in [2.45, 2.75) is 25.5 Å². The first-order chi connectivity index (χ1) is 7.66. The quantitative estimate of drug-likeness (QED) is 0.776. The average molecular weight is 241 g/mol. The molecule has 3 N–H and O–H groups in total. The molecule has 0 bridgehead atoms. The molecule has 1 fully saturated rings. The number of nitrogens with two attached hydrogens (primary N) is 1. The molecule has 2 rings (SSSR count). The van der Waals surface area contributed by atoms with Crippen LogP contribution in [0.25, 0.3) is 0 Å². The van der Waals surface area contributed by atoms with Gasteiger partial charge in [0.25, 0.3) is 0 Å². The number of benzene rings is 1. The van der Waals surface area contributed by atoms with Crippen molar-refractivity contribution in [1.82, 2.24) is 4.90 Å². The van der Waals surface area contributed by atoms with Crippen molar-refractivity contribution >= 4 is 17.3 Å². The van der Waals surface area contributed by atoms with Crippen LogP contribution < -0.4 is 5.73 Å². The molecule has 0 amide bonds. The summed E-state index contributed by atoms with van der Waals surface area (Å²) in [6.45, 7) is 2.59. The van der Waals surface area contributed by atoms with Crippen LogP contribution in [-0.2, 0) is 6.54 Å². The lowest BCUT2D eigenvalue weighted by Gasteiger charge is -2.30. The normalized spacial score (nSPS) is 18.9. The molecule has 16 heavy (non-hydrogen) atoms. The first-order valence-corrected chi connectivity index (χ1v) is 5.98. The first kappa shape index (κ1) is 11.7. The molecule has 0 unspecified atom stereocenters. The van der Waals surface area contributed by atoms with E-state index < -0.39 is 0 Å². The highest BCUT2D eigenvalue weighted by Gasteiger charge is 2.18. The third-order valence-electron chi connectivity index (χ3n) is 3.09. The topological polar surface area (TPSA) is 49.5 Å². The Morgan fingerprint density at radius 1 is 1.38 bits per heavy atom. The minimum absolute atomic E-state index is 0.139. The predicted octanol–water partition coefficient (Wildman–Crippen LogP) is 1.88. The van der Waals surface area contributed by atoms with Crippen LogP contribution in [0.3, 0.4) is 0 Å². The number of hydrogen-bond donors (Lipinski definition) is 2. The summed E-state index contributed by atoms with van der Waals surface area (Å²) in [5, 5.41) is 10.2. The maximum absolute atomic E-state index is 9.42. The van der Waals surface area contributed by atoms with Crippen molar-refractivity contribution in [3.63, 3.8) is 0 Å². The summed E-state index contributed by atoms with van der Waals surface area (Å²) in [7, 11) is 0. The molecular formula is C12H17ClN2O. The number of aliphatic hydroxyl groups is 1. The zero-order valence-corrected chi connectivity index (χ0v) is 9.95. The Labute approximate surface area is 101 Å². The highest BCUT2D eigenvalue weighted by atomic mass is 35.5.